The first kappa shape index (κ1) is 17.2. The summed E-state index contributed by atoms with van der Waals surface area (Å²) in [6, 6.07) is 1.79. The molecule has 1 heterocycles. The standard InChI is InChI=1S/C17H28FN3O/c1-17(2,3)12-4-6-14(7-5-12)20-10-16(22)21-11-13(18)8-15(21)9-19/h12-15,20H,4-8,10-11H2,1-3H3. The number of hydrogen-bond acceptors (Lipinski definition) is 3. The molecule has 2 aliphatic rings. The molecular formula is C17H28FN3O. The molecule has 2 atom stereocenters. The Labute approximate surface area is 133 Å². The summed E-state index contributed by atoms with van der Waals surface area (Å²) in [5.74, 6) is 0.597. The van der Waals surface area contributed by atoms with E-state index in [0.717, 1.165) is 18.8 Å². The minimum Gasteiger partial charge on any atom is -0.323 e. The minimum atomic E-state index is -1.06. The summed E-state index contributed by atoms with van der Waals surface area (Å²) in [6.45, 7) is 7.15. The smallest absolute Gasteiger partial charge is 0.237 e. The monoisotopic (exact) mass is 309 g/mol. The lowest BCUT2D eigenvalue weighted by molar-refractivity contribution is -0.130. The molecule has 0 aromatic rings. The Morgan fingerprint density at radius 1 is 1.32 bits per heavy atom. The predicted molar refractivity (Wildman–Crippen MR) is 83.8 cm³/mol. The van der Waals surface area contributed by atoms with Crippen molar-refractivity contribution in [3.05, 3.63) is 0 Å². The second-order valence-corrected chi connectivity index (χ2v) is 7.82. The van der Waals surface area contributed by atoms with Crippen LogP contribution < -0.4 is 5.32 Å². The van der Waals surface area contributed by atoms with Crippen LogP contribution in [0.5, 0.6) is 0 Å². The molecule has 22 heavy (non-hydrogen) atoms. The van der Waals surface area contributed by atoms with Gasteiger partial charge in [0.1, 0.15) is 12.2 Å². The first-order chi connectivity index (χ1) is 10.3. The summed E-state index contributed by atoms with van der Waals surface area (Å²) < 4.78 is 13.4. The first-order valence-electron chi connectivity index (χ1n) is 8.37. The van der Waals surface area contributed by atoms with Gasteiger partial charge in [0.2, 0.25) is 5.91 Å². The maximum atomic E-state index is 13.4. The normalized spacial score (nSPS) is 32.8. The van der Waals surface area contributed by atoms with Crippen LogP contribution in [0.15, 0.2) is 0 Å². The molecule has 0 aromatic carbocycles. The molecule has 2 rings (SSSR count). The van der Waals surface area contributed by atoms with E-state index in [-0.39, 0.29) is 25.4 Å². The van der Waals surface area contributed by atoms with Crippen LogP contribution in [0.4, 0.5) is 4.39 Å². The first-order valence-corrected chi connectivity index (χ1v) is 8.37. The van der Waals surface area contributed by atoms with Crippen molar-refractivity contribution in [1.29, 1.82) is 5.26 Å². The van der Waals surface area contributed by atoms with E-state index in [2.05, 4.69) is 26.1 Å². The average Bonchev–Trinajstić information content (AvgIpc) is 2.85. The molecule has 1 saturated heterocycles. The van der Waals surface area contributed by atoms with Crippen LogP contribution >= 0.6 is 0 Å². The van der Waals surface area contributed by atoms with Crippen LogP contribution in [0.1, 0.15) is 52.9 Å². The van der Waals surface area contributed by atoms with Gasteiger partial charge in [-0.1, -0.05) is 20.8 Å². The average molecular weight is 309 g/mol. The highest BCUT2D eigenvalue weighted by molar-refractivity contribution is 5.79. The van der Waals surface area contributed by atoms with E-state index in [1.54, 1.807) is 0 Å². The van der Waals surface area contributed by atoms with Crippen LogP contribution in [0.2, 0.25) is 0 Å². The number of nitrogens with zero attached hydrogens (tertiary/aromatic N) is 2. The van der Waals surface area contributed by atoms with Crippen molar-refractivity contribution in [3.63, 3.8) is 0 Å². The molecule has 0 bridgehead atoms. The van der Waals surface area contributed by atoms with Gasteiger partial charge in [-0.25, -0.2) is 4.39 Å². The molecule has 0 spiro atoms. The summed E-state index contributed by atoms with van der Waals surface area (Å²) in [6.07, 6.45) is 3.64. The van der Waals surface area contributed by atoms with E-state index in [1.165, 1.54) is 17.7 Å². The largest absolute Gasteiger partial charge is 0.323 e. The van der Waals surface area contributed by atoms with E-state index in [4.69, 9.17) is 5.26 Å². The van der Waals surface area contributed by atoms with Gasteiger partial charge in [0.05, 0.1) is 19.2 Å². The summed E-state index contributed by atoms with van der Waals surface area (Å²) in [4.78, 5) is 13.6. The molecule has 4 nitrogen and oxygen atoms in total. The maximum Gasteiger partial charge on any atom is 0.237 e. The van der Waals surface area contributed by atoms with Crippen molar-refractivity contribution in [2.45, 2.75) is 71.1 Å². The summed E-state index contributed by atoms with van der Waals surface area (Å²) in [7, 11) is 0. The van der Waals surface area contributed by atoms with Gasteiger partial charge in [0.25, 0.3) is 0 Å². The number of nitrogens with one attached hydrogen (secondary N) is 1. The number of carbonyl (C=O) groups is 1. The number of alkyl halides is 1. The molecule has 5 heteroatoms. The quantitative estimate of drug-likeness (QED) is 0.872. The van der Waals surface area contributed by atoms with Crippen molar-refractivity contribution >= 4 is 5.91 Å². The molecule has 1 aliphatic heterocycles. The molecule has 1 saturated carbocycles. The molecule has 124 valence electrons. The zero-order valence-electron chi connectivity index (χ0n) is 13.9. The summed E-state index contributed by atoms with van der Waals surface area (Å²) >= 11 is 0. The number of nitriles is 1. The fourth-order valence-corrected chi connectivity index (χ4v) is 3.68. The van der Waals surface area contributed by atoms with Crippen LogP contribution in [0.25, 0.3) is 0 Å². The number of halogens is 1. The SMILES string of the molecule is CC(C)(C)C1CCC(NCC(=O)N2CC(F)CC2C#N)CC1. The Bertz CT molecular complexity index is 432. The molecular weight excluding hydrogens is 281 g/mol. The molecule has 0 radical (unpaired) electrons. The summed E-state index contributed by atoms with van der Waals surface area (Å²) in [5, 5.41) is 12.3. The third-order valence-electron chi connectivity index (χ3n) is 5.21. The van der Waals surface area contributed by atoms with Gasteiger partial charge in [-0.05, 0) is 37.0 Å². The van der Waals surface area contributed by atoms with Crippen LogP contribution in [-0.4, -0.2) is 42.2 Å². The lowest BCUT2D eigenvalue weighted by atomic mass is 9.71. The Balaban J connectivity index is 1.75. The molecule has 1 amide bonds. The fourth-order valence-electron chi connectivity index (χ4n) is 3.68. The lowest BCUT2D eigenvalue weighted by Crippen LogP contribution is -2.45. The Morgan fingerprint density at radius 2 is 1.95 bits per heavy atom. The van der Waals surface area contributed by atoms with Crippen molar-refractivity contribution in [2.24, 2.45) is 11.3 Å². The number of amides is 1. The predicted octanol–water partition coefficient (Wildman–Crippen LogP) is 2.64. The third kappa shape index (κ3) is 4.19. The second kappa shape index (κ2) is 6.95. The minimum absolute atomic E-state index is 0.0650. The lowest BCUT2D eigenvalue weighted by Gasteiger charge is -2.37. The zero-order chi connectivity index (χ0) is 16.3. The highest BCUT2D eigenvalue weighted by Gasteiger charge is 2.35. The maximum absolute atomic E-state index is 13.4. The van der Waals surface area contributed by atoms with E-state index in [9.17, 15) is 9.18 Å². The molecule has 2 fully saturated rings. The van der Waals surface area contributed by atoms with Gasteiger partial charge in [0.15, 0.2) is 0 Å². The highest BCUT2D eigenvalue weighted by atomic mass is 19.1. The van der Waals surface area contributed by atoms with Crippen LogP contribution in [0.3, 0.4) is 0 Å². The van der Waals surface area contributed by atoms with Gasteiger partial charge in [-0.15, -0.1) is 0 Å². The van der Waals surface area contributed by atoms with Crippen molar-refractivity contribution < 1.29 is 9.18 Å². The van der Waals surface area contributed by atoms with Gasteiger partial charge in [-0.2, -0.15) is 5.26 Å². The van der Waals surface area contributed by atoms with Crippen molar-refractivity contribution in [3.8, 4) is 6.07 Å². The zero-order valence-corrected chi connectivity index (χ0v) is 13.9. The number of carbonyl (C=O) groups excluding carboxylic acids is 1. The third-order valence-corrected chi connectivity index (χ3v) is 5.21. The highest BCUT2D eigenvalue weighted by Crippen LogP contribution is 2.37. The van der Waals surface area contributed by atoms with Gasteiger partial charge in [0, 0.05) is 12.5 Å². The van der Waals surface area contributed by atoms with Crippen molar-refractivity contribution in [1.82, 2.24) is 10.2 Å². The topological polar surface area (TPSA) is 56.1 Å². The molecule has 0 aromatic heterocycles. The van der Waals surface area contributed by atoms with Gasteiger partial charge >= 0.3 is 0 Å². The Morgan fingerprint density at radius 3 is 2.50 bits per heavy atom. The van der Waals surface area contributed by atoms with Crippen molar-refractivity contribution in [2.75, 3.05) is 13.1 Å². The second-order valence-electron chi connectivity index (χ2n) is 7.82. The Kier molecular flexibility index (Phi) is 5.44. The number of hydrogen-bond donors (Lipinski definition) is 1. The van der Waals surface area contributed by atoms with E-state index >= 15 is 0 Å². The molecule has 1 N–H and O–H groups in total. The Hall–Kier alpha value is -1.15. The van der Waals surface area contributed by atoms with Crippen LogP contribution in [-0.2, 0) is 4.79 Å². The van der Waals surface area contributed by atoms with E-state index < -0.39 is 12.2 Å². The molecule has 1 aliphatic carbocycles. The van der Waals surface area contributed by atoms with E-state index in [1.807, 2.05) is 6.07 Å². The fraction of sp³-hybridized carbons (Fsp3) is 0.882. The summed E-state index contributed by atoms with van der Waals surface area (Å²) in [5.41, 5.74) is 0.354. The van der Waals surface area contributed by atoms with Crippen LogP contribution in [0, 0.1) is 22.7 Å². The number of likely N-dealkylation sites (tertiary alicyclic amines) is 1. The van der Waals surface area contributed by atoms with E-state index in [0.29, 0.717) is 11.5 Å². The molecule has 2 unspecified atom stereocenters. The van der Waals surface area contributed by atoms with Gasteiger partial charge in [-0.3, -0.25) is 4.79 Å². The number of rotatable bonds is 3. The van der Waals surface area contributed by atoms with Gasteiger partial charge < -0.3 is 10.2 Å².